The van der Waals surface area contributed by atoms with Crippen molar-refractivity contribution in [1.82, 2.24) is 0 Å². The van der Waals surface area contributed by atoms with Gasteiger partial charge in [-0.2, -0.15) is 0 Å². The van der Waals surface area contributed by atoms with E-state index in [1.165, 1.54) is 18.1 Å². The topological polar surface area (TPSA) is 26.3 Å². The minimum absolute atomic E-state index is 0.0641. The fourth-order valence-electron chi connectivity index (χ4n) is 5.59. The van der Waals surface area contributed by atoms with Gasteiger partial charge in [0.2, 0.25) is 6.36 Å². The van der Waals surface area contributed by atoms with Crippen LogP contribution in [0.4, 0.5) is 4.39 Å². The number of benzene rings is 1. The minimum Gasteiger partial charge on any atom is -0.461 e. The van der Waals surface area contributed by atoms with Crippen LogP contribution in [0.1, 0.15) is 63.0 Å². The maximum atomic E-state index is 13.1. The Morgan fingerprint density at radius 1 is 1.26 bits per heavy atom. The van der Waals surface area contributed by atoms with Crippen molar-refractivity contribution in [2.75, 3.05) is 0 Å². The Hall–Kier alpha value is -1.38. The highest BCUT2D eigenvalue weighted by Gasteiger charge is 2.54. The Morgan fingerprint density at radius 2 is 2.09 bits per heavy atom. The van der Waals surface area contributed by atoms with E-state index in [2.05, 4.69) is 13.0 Å². The maximum absolute atomic E-state index is 13.1. The molecule has 5 atom stereocenters. The Balaban J connectivity index is 1.63. The number of rotatable bonds is 2. The SMILES string of the molecule is CC(F)Oc1ccc2c(c1)CC[C@H]1[C@H]3CCC(=O)[C@@]3(C)CC[C@@H]21. The monoisotopic (exact) mass is 316 g/mol. The van der Waals surface area contributed by atoms with E-state index in [0.717, 1.165) is 38.5 Å². The van der Waals surface area contributed by atoms with Gasteiger partial charge < -0.3 is 4.74 Å². The Bertz CT molecular complexity index is 639. The van der Waals surface area contributed by atoms with Gasteiger partial charge in [-0.3, -0.25) is 4.79 Å². The van der Waals surface area contributed by atoms with E-state index in [9.17, 15) is 9.18 Å². The number of Topliss-reactive ketones (excluding diaryl/α,β-unsaturated/α-hetero) is 1. The van der Waals surface area contributed by atoms with Gasteiger partial charge in [0.15, 0.2) is 0 Å². The van der Waals surface area contributed by atoms with Crippen LogP contribution in [0.25, 0.3) is 0 Å². The molecule has 3 aliphatic rings. The molecule has 0 radical (unpaired) electrons. The Labute approximate surface area is 137 Å². The first kappa shape index (κ1) is 15.2. The van der Waals surface area contributed by atoms with Crippen molar-refractivity contribution in [3.05, 3.63) is 29.3 Å². The van der Waals surface area contributed by atoms with Gasteiger partial charge in [0.05, 0.1) is 0 Å². The van der Waals surface area contributed by atoms with E-state index in [0.29, 0.717) is 29.3 Å². The zero-order valence-corrected chi connectivity index (χ0v) is 14.0. The first-order valence-electron chi connectivity index (χ1n) is 8.96. The summed E-state index contributed by atoms with van der Waals surface area (Å²) in [7, 11) is 0. The lowest BCUT2D eigenvalue weighted by Gasteiger charge is -2.48. The number of alkyl halides is 1. The number of hydrogen-bond acceptors (Lipinski definition) is 2. The summed E-state index contributed by atoms with van der Waals surface area (Å²) < 4.78 is 18.3. The van der Waals surface area contributed by atoms with Crippen molar-refractivity contribution >= 4 is 5.78 Å². The smallest absolute Gasteiger partial charge is 0.235 e. The molecule has 124 valence electrons. The molecule has 0 N–H and O–H groups in total. The van der Waals surface area contributed by atoms with Gasteiger partial charge in [0.1, 0.15) is 11.5 Å². The standard InChI is InChI=1S/C20H25FO2/c1-12(21)23-14-4-6-15-13(11-14)3-5-17-16(15)9-10-20(2)18(17)7-8-19(20)22/h4,6,11-12,16-18H,3,5,7-10H2,1-2H3/t12?,16-,17+,18+,20-/m0/s1. The molecule has 2 nitrogen and oxygen atoms in total. The normalized spacial score (nSPS) is 36.8. The average Bonchev–Trinajstić information content (AvgIpc) is 2.82. The molecule has 3 heteroatoms. The maximum Gasteiger partial charge on any atom is 0.235 e. The van der Waals surface area contributed by atoms with Gasteiger partial charge in [0, 0.05) is 18.8 Å². The molecule has 4 rings (SSSR count). The van der Waals surface area contributed by atoms with Crippen LogP contribution in [0.15, 0.2) is 18.2 Å². The molecule has 1 aromatic rings. The zero-order chi connectivity index (χ0) is 16.2. The van der Waals surface area contributed by atoms with Gasteiger partial charge in [-0.05, 0) is 73.1 Å². The van der Waals surface area contributed by atoms with Crippen molar-refractivity contribution in [1.29, 1.82) is 0 Å². The molecule has 0 aliphatic heterocycles. The van der Waals surface area contributed by atoms with Crippen molar-refractivity contribution < 1.29 is 13.9 Å². The van der Waals surface area contributed by atoms with E-state index in [4.69, 9.17) is 4.74 Å². The van der Waals surface area contributed by atoms with E-state index in [1.54, 1.807) is 0 Å². The lowest BCUT2D eigenvalue weighted by molar-refractivity contribution is -0.129. The highest BCUT2D eigenvalue weighted by atomic mass is 19.1. The molecule has 0 spiro atoms. The summed E-state index contributed by atoms with van der Waals surface area (Å²) in [5, 5.41) is 0. The Morgan fingerprint density at radius 3 is 2.87 bits per heavy atom. The number of aryl methyl sites for hydroxylation is 1. The van der Waals surface area contributed by atoms with Gasteiger partial charge in [0.25, 0.3) is 0 Å². The van der Waals surface area contributed by atoms with Gasteiger partial charge in [-0.1, -0.05) is 13.0 Å². The number of hydrogen-bond donors (Lipinski definition) is 0. The van der Waals surface area contributed by atoms with Crippen molar-refractivity contribution in [2.45, 2.75) is 64.6 Å². The van der Waals surface area contributed by atoms with E-state index in [-0.39, 0.29) is 5.41 Å². The second-order valence-corrected chi connectivity index (χ2v) is 7.85. The predicted molar refractivity (Wildman–Crippen MR) is 87.3 cm³/mol. The van der Waals surface area contributed by atoms with Crippen molar-refractivity contribution in [2.24, 2.45) is 17.3 Å². The second kappa shape index (κ2) is 5.32. The van der Waals surface area contributed by atoms with Crippen molar-refractivity contribution in [3.8, 4) is 5.75 Å². The van der Waals surface area contributed by atoms with Crippen LogP contribution >= 0.6 is 0 Å². The van der Waals surface area contributed by atoms with Crippen LogP contribution in [-0.4, -0.2) is 12.1 Å². The highest BCUT2D eigenvalue weighted by Crippen LogP contribution is 2.59. The van der Waals surface area contributed by atoms with Crippen LogP contribution in [0.2, 0.25) is 0 Å². The molecule has 1 unspecified atom stereocenters. The fourth-order valence-corrected chi connectivity index (χ4v) is 5.59. The van der Waals surface area contributed by atoms with Gasteiger partial charge in [-0.15, -0.1) is 0 Å². The summed E-state index contributed by atoms with van der Waals surface area (Å²) in [5.41, 5.74) is 2.67. The molecule has 3 aliphatic carbocycles. The lowest BCUT2D eigenvalue weighted by atomic mass is 9.55. The van der Waals surface area contributed by atoms with E-state index < -0.39 is 6.36 Å². The van der Waals surface area contributed by atoms with Gasteiger partial charge >= 0.3 is 0 Å². The third-order valence-electron chi connectivity index (χ3n) is 6.71. The van der Waals surface area contributed by atoms with Crippen LogP contribution in [0, 0.1) is 17.3 Å². The summed E-state index contributed by atoms with van der Waals surface area (Å²) in [6.07, 6.45) is 4.89. The van der Waals surface area contributed by atoms with E-state index in [1.807, 2.05) is 12.1 Å². The number of carbonyl (C=O) groups excluding carboxylic acids is 1. The number of fused-ring (bicyclic) bond motifs is 5. The van der Waals surface area contributed by atoms with E-state index >= 15 is 0 Å². The van der Waals surface area contributed by atoms with Crippen LogP contribution in [0.3, 0.4) is 0 Å². The summed E-state index contributed by atoms with van der Waals surface area (Å²) in [6.45, 7) is 3.62. The molecule has 2 fully saturated rings. The molecule has 23 heavy (non-hydrogen) atoms. The highest BCUT2D eigenvalue weighted by molar-refractivity contribution is 5.87. The van der Waals surface area contributed by atoms with Crippen LogP contribution in [0.5, 0.6) is 5.75 Å². The number of ether oxygens (including phenoxy) is 1. The summed E-state index contributed by atoms with van der Waals surface area (Å²) >= 11 is 0. The summed E-state index contributed by atoms with van der Waals surface area (Å²) in [6, 6.07) is 6.07. The molecule has 0 saturated heterocycles. The number of halogens is 1. The van der Waals surface area contributed by atoms with Crippen LogP contribution < -0.4 is 4.74 Å². The third kappa shape index (κ3) is 2.31. The van der Waals surface area contributed by atoms with Gasteiger partial charge in [-0.25, -0.2) is 4.39 Å². The molecule has 0 aromatic heterocycles. The Kier molecular flexibility index (Phi) is 3.51. The largest absolute Gasteiger partial charge is 0.461 e. The summed E-state index contributed by atoms with van der Waals surface area (Å²) in [4.78, 5) is 12.3. The quantitative estimate of drug-likeness (QED) is 0.783. The predicted octanol–water partition coefficient (Wildman–Crippen LogP) is 4.81. The second-order valence-electron chi connectivity index (χ2n) is 7.85. The number of ketones is 1. The third-order valence-corrected chi connectivity index (χ3v) is 6.71. The zero-order valence-electron chi connectivity index (χ0n) is 14.0. The van der Waals surface area contributed by atoms with Crippen LogP contribution in [-0.2, 0) is 11.2 Å². The summed E-state index contributed by atoms with van der Waals surface area (Å²) in [5.74, 6) is 2.89. The fraction of sp³-hybridized carbons (Fsp3) is 0.650. The minimum atomic E-state index is -1.27. The molecule has 0 heterocycles. The molecular formula is C20H25FO2. The van der Waals surface area contributed by atoms with Crippen molar-refractivity contribution in [3.63, 3.8) is 0 Å². The molecule has 0 amide bonds. The molecular weight excluding hydrogens is 291 g/mol. The first-order valence-corrected chi connectivity index (χ1v) is 8.96. The molecule has 0 bridgehead atoms. The average molecular weight is 316 g/mol. The lowest BCUT2D eigenvalue weighted by Crippen LogP contribution is -2.42. The molecule has 2 saturated carbocycles. The number of carbonyl (C=O) groups is 1. The first-order chi connectivity index (χ1) is 11.0. The molecule has 1 aromatic carbocycles.